The van der Waals surface area contributed by atoms with Crippen LogP contribution in [0.3, 0.4) is 0 Å². The van der Waals surface area contributed by atoms with Crippen molar-refractivity contribution in [2.24, 2.45) is 5.92 Å². The SMILES string of the molecule is CCNC(=O)C1CCN(C(=O)c2cccc(OCCc3ccccc3)c2)C1. The number of ether oxygens (including phenoxy) is 1. The molecule has 1 aliphatic heterocycles. The van der Waals surface area contributed by atoms with Crippen LogP contribution in [0.1, 0.15) is 29.3 Å². The zero-order valence-electron chi connectivity index (χ0n) is 15.7. The van der Waals surface area contributed by atoms with Crippen LogP contribution < -0.4 is 10.1 Å². The summed E-state index contributed by atoms with van der Waals surface area (Å²) >= 11 is 0. The van der Waals surface area contributed by atoms with Gasteiger partial charge in [-0.2, -0.15) is 0 Å². The highest BCUT2D eigenvalue weighted by Crippen LogP contribution is 2.21. The fourth-order valence-electron chi connectivity index (χ4n) is 3.31. The van der Waals surface area contributed by atoms with Gasteiger partial charge in [0.15, 0.2) is 0 Å². The van der Waals surface area contributed by atoms with Crippen molar-refractivity contribution in [1.82, 2.24) is 10.2 Å². The molecule has 5 heteroatoms. The first-order valence-electron chi connectivity index (χ1n) is 9.51. The summed E-state index contributed by atoms with van der Waals surface area (Å²) in [6.07, 6.45) is 1.53. The number of carbonyl (C=O) groups excluding carboxylic acids is 2. The Morgan fingerprint density at radius 2 is 1.96 bits per heavy atom. The van der Waals surface area contributed by atoms with E-state index in [1.54, 1.807) is 17.0 Å². The Labute approximate surface area is 160 Å². The number of hydrogen-bond donors (Lipinski definition) is 1. The van der Waals surface area contributed by atoms with Gasteiger partial charge in [-0.05, 0) is 37.1 Å². The quantitative estimate of drug-likeness (QED) is 0.820. The molecule has 0 radical (unpaired) electrons. The molecule has 0 spiro atoms. The maximum atomic E-state index is 12.8. The van der Waals surface area contributed by atoms with Gasteiger partial charge in [0.25, 0.3) is 5.91 Å². The van der Waals surface area contributed by atoms with Gasteiger partial charge in [-0.25, -0.2) is 0 Å². The standard InChI is InChI=1S/C22H26N2O3/c1-2-23-21(25)19-11-13-24(16-19)22(26)18-9-6-10-20(15-18)27-14-12-17-7-4-3-5-8-17/h3-10,15,19H,2,11-14,16H2,1H3,(H,23,25). The molecule has 1 unspecified atom stereocenters. The van der Waals surface area contributed by atoms with Gasteiger partial charge in [0.1, 0.15) is 5.75 Å². The Hall–Kier alpha value is -2.82. The van der Waals surface area contributed by atoms with Crippen LogP contribution in [-0.4, -0.2) is 43.0 Å². The molecule has 142 valence electrons. The number of amides is 2. The van der Waals surface area contributed by atoms with Gasteiger partial charge in [0.05, 0.1) is 12.5 Å². The number of likely N-dealkylation sites (tertiary alicyclic amines) is 1. The lowest BCUT2D eigenvalue weighted by Gasteiger charge is -2.17. The normalized spacial score (nSPS) is 16.2. The summed E-state index contributed by atoms with van der Waals surface area (Å²) in [4.78, 5) is 26.5. The molecule has 2 aromatic rings. The molecular formula is C22H26N2O3. The first-order valence-corrected chi connectivity index (χ1v) is 9.51. The molecule has 1 aliphatic rings. The number of hydrogen-bond acceptors (Lipinski definition) is 3. The summed E-state index contributed by atoms with van der Waals surface area (Å²) in [6, 6.07) is 17.4. The third-order valence-corrected chi connectivity index (χ3v) is 4.78. The van der Waals surface area contributed by atoms with E-state index >= 15 is 0 Å². The van der Waals surface area contributed by atoms with Crippen molar-refractivity contribution in [3.63, 3.8) is 0 Å². The van der Waals surface area contributed by atoms with Crippen LogP contribution >= 0.6 is 0 Å². The highest BCUT2D eigenvalue weighted by molar-refractivity contribution is 5.95. The van der Waals surface area contributed by atoms with Crippen LogP contribution in [0.15, 0.2) is 54.6 Å². The van der Waals surface area contributed by atoms with E-state index < -0.39 is 0 Å². The van der Waals surface area contributed by atoms with E-state index in [4.69, 9.17) is 4.74 Å². The highest BCUT2D eigenvalue weighted by Gasteiger charge is 2.31. The molecule has 1 heterocycles. The van der Waals surface area contributed by atoms with Gasteiger partial charge < -0.3 is 15.0 Å². The number of rotatable bonds is 7. The van der Waals surface area contributed by atoms with Crippen molar-refractivity contribution in [2.45, 2.75) is 19.8 Å². The smallest absolute Gasteiger partial charge is 0.254 e. The second kappa shape index (κ2) is 9.21. The zero-order chi connectivity index (χ0) is 19.1. The van der Waals surface area contributed by atoms with Gasteiger partial charge >= 0.3 is 0 Å². The number of nitrogens with zero attached hydrogens (tertiary/aromatic N) is 1. The largest absolute Gasteiger partial charge is 0.493 e. The molecular weight excluding hydrogens is 340 g/mol. The minimum atomic E-state index is -0.112. The molecule has 5 nitrogen and oxygen atoms in total. The Morgan fingerprint density at radius 1 is 1.15 bits per heavy atom. The molecule has 1 saturated heterocycles. The van der Waals surface area contributed by atoms with Gasteiger partial charge in [-0.15, -0.1) is 0 Å². The van der Waals surface area contributed by atoms with E-state index in [1.807, 2.05) is 37.3 Å². The van der Waals surface area contributed by atoms with Crippen LogP contribution in [-0.2, 0) is 11.2 Å². The van der Waals surface area contributed by atoms with E-state index in [9.17, 15) is 9.59 Å². The molecule has 2 amide bonds. The average molecular weight is 366 g/mol. The summed E-state index contributed by atoms with van der Waals surface area (Å²) in [7, 11) is 0. The summed E-state index contributed by atoms with van der Waals surface area (Å²) in [6.45, 7) is 4.17. The summed E-state index contributed by atoms with van der Waals surface area (Å²) in [5.41, 5.74) is 1.82. The molecule has 0 saturated carbocycles. The summed E-state index contributed by atoms with van der Waals surface area (Å²) in [5.74, 6) is 0.566. The Balaban J connectivity index is 1.55. The third kappa shape index (κ3) is 5.09. The Kier molecular flexibility index (Phi) is 6.47. The lowest BCUT2D eigenvalue weighted by Crippen LogP contribution is -2.34. The molecule has 0 aromatic heterocycles. The topological polar surface area (TPSA) is 58.6 Å². The fourth-order valence-corrected chi connectivity index (χ4v) is 3.31. The van der Waals surface area contributed by atoms with Crippen molar-refractivity contribution in [3.8, 4) is 5.75 Å². The second-order valence-corrected chi connectivity index (χ2v) is 6.74. The van der Waals surface area contributed by atoms with Crippen molar-refractivity contribution in [3.05, 3.63) is 65.7 Å². The minimum Gasteiger partial charge on any atom is -0.493 e. The second-order valence-electron chi connectivity index (χ2n) is 6.74. The van der Waals surface area contributed by atoms with Crippen molar-refractivity contribution in [1.29, 1.82) is 0 Å². The first-order chi connectivity index (χ1) is 13.2. The molecule has 1 fully saturated rings. The van der Waals surface area contributed by atoms with E-state index in [1.165, 1.54) is 5.56 Å². The van der Waals surface area contributed by atoms with Gasteiger partial charge in [-0.3, -0.25) is 9.59 Å². The maximum absolute atomic E-state index is 12.8. The predicted octanol–water partition coefficient (Wildman–Crippen LogP) is 2.91. The maximum Gasteiger partial charge on any atom is 0.254 e. The Morgan fingerprint density at radius 3 is 2.74 bits per heavy atom. The molecule has 0 bridgehead atoms. The summed E-state index contributed by atoms with van der Waals surface area (Å²) < 4.78 is 5.82. The van der Waals surface area contributed by atoms with Crippen LogP contribution in [0, 0.1) is 5.92 Å². The predicted molar refractivity (Wildman–Crippen MR) is 105 cm³/mol. The molecule has 0 aliphatic carbocycles. The van der Waals surface area contributed by atoms with Crippen LogP contribution in [0.4, 0.5) is 0 Å². The third-order valence-electron chi connectivity index (χ3n) is 4.78. The zero-order valence-corrected chi connectivity index (χ0v) is 15.7. The van der Waals surface area contributed by atoms with Crippen LogP contribution in [0.25, 0.3) is 0 Å². The number of nitrogens with one attached hydrogen (secondary N) is 1. The molecule has 1 N–H and O–H groups in total. The molecule has 3 rings (SSSR count). The molecule has 27 heavy (non-hydrogen) atoms. The van der Waals surface area contributed by atoms with Crippen molar-refractivity contribution in [2.75, 3.05) is 26.2 Å². The Bertz CT molecular complexity index is 776. The molecule has 2 aromatic carbocycles. The molecule has 1 atom stereocenters. The van der Waals surface area contributed by atoms with E-state index in [0.717, 1.165) is 6.42 Å². The summed E-state index contributed by atoms with van der Waals surface area (Å²) in [5, 5.41) is 2.84. The average Bonchev–Trinajstić information content (AvgIpc) is 3.19. The number of carbonyl (C=O) groups is 2. The van der Waals surface area contributed by atoms with Gasteiger partial charge in [0, 0.05) is 31.6 Å². The van der Waals surface area contributed by atoms with Crippen LogP contribution in [0.2, 0.25) is 0 Å². The monoisotopic (exact) mass is 366 g/mol. The van der Waals surface area contributed by atoms with Crippen LogP contribution in [0.5, 0.6) is 5.75 Å². The van der Waals surface area contributed by atoms with Gasteiger partial charge in [0.2, 0.25) is 5.91 Å². The highest BCUT2D eigenvalue weighted by atomic mass is 16.5. The van der Waals surface area contributed by atoms with Crippen molar-refractivity contribution >= 4 is 11.8 Å². The lowest BCUT2D eigenvalue weighted by atomic mass is 10.1. The van der Waals surface area contributed by atoms with Crippen molar-refractivity contribution < 1.29 is 14.3 Å². The first kappa shape index (κ1) is 19.0. The fraction of sp³-hybridized carbons (Fsp3) is 0.364. The lowest BCUT2D eigenvalue weighted by molar-refractivity contribution is -0.124. The van der Waals surface area contributed by atoms with E-state index in [2.05, 4.69) is 17.4 Å². The van der Waals surface area contributed by atoms with Gasteiger partial charge in [-0.1, -0.05) is 36.4 Å². The number of benzene rings is 2. The minimum absolute atomic E-state index is 0.0331. The van der Waals surface area contributed by atoms with E-state index in [0.29, 0.717) is 44.0 Å². The van der Waals surface area contributed by atoms with E-state index in [-0.39, 0.29) is 17.7 Å².